The van der Waals surface area contributed by atoms with E-state index in [2.05, 4.69) is 10.2 Å². The second-order valence-electron chi connectivity index (χ2n) is 9.22. The van der Waals surface area contributed by atoms with Crippen molar-refractivity contribution < 1.29 is 17.9 Å². The zero-order chi connectivity index (χ0) is 24.1. The normalized spacial score (nSPS) is 20.7. The van der Waals surface area contributed by atoms with Gasteiger partial charge in [-0.1, -0.05) is 36.2 Å². The van der Waals surface area contributed by atoms with E-state index in [4.69, 9.17) is 4.74 Å². The largest absolute Gasteiger partial charge is 0.497 e. The van der Waals surface area contributed by atoms with Crippen molar-refractivity contribution in [2.75, 3.05) is 33.3 Å². The van der Waals surface area contributed by atoms with Gasteiger partial charge in [-0.2, -0.15) is 4.31 Å². The van der Waals surface area contributed by atoms with Crippen LogP contribution in [0.4, 0.5) is 0 Å². The highest BCUT2D eigenvalue weighted by Gasteiger charge is 2.39. The maximum Gasteiger partial charge on any atom is 0.243 e. The van der Waals surface area contributed by atoms with Crippen molar-refractivity contribution in [3.63, 3.8) is 0 Å². The molecule has 0 radical (unpaired) electrons. The summed E-state index contributed by atoms with van der Waals surface area (Å²) in [6.45, 7) is 4.71. The van der Waals surface area contributed by atoms with Crippen LogP contribution in [-0.4, -0.2) is 62.9 Å². The Hall–Kier alpha value is -2.42. The first-order valence-corrected chi connectivity index (χ1v) is 13.6. The summed E-state index contributed by atoms with van der Waals surface area (Å²) >= 11 is 0. The number of piperidine rings is 1. The van der Waals surface area contributed by atoms with E-state index in [0.717, 1.165) is 42.8 Å². The lowest BCUT2D eigenvalue weighted by molar-refractivity contribution is -0.124. The number of likely N-dealkylation sites (tertiary alicyclic amines) is 1. The third kappa shape index (κ3) is 5.45. The summed E-state index contributed by atoms with van der Waals surface area (Å²) in [6, 6.07) is 14.2. The first-order valence-electron chi connectivity index (χ1n) is 12.1. The Bertz CT molecular complexity index is 1060. The van der Waals surface area contributed by atoms with E-state index < -0.39 is 16.1 Å². The van der Waals surface area contributed by atoms with Gasteiger partial charge in [-0.05, 0) is 75.5 Å². The zero-order valence-corrected chi connectivity index (χ0v) is 20.9. The Morgan fingerprint density at radius 3 is 2.32 bits per heavy atom. The number of sulfonamides is 1. The standard InChI is InChI=1S/C26H35N3O4S/c1-20-8-14-23(15-9-20)34(31,32)29-18-6-7-24(29)26(30)27-19-25(28-16-4-3-5-17-28)21-10-12-22(33-2)13-11-21/h8-15,24-25H,3-7,16-19H2,1-2H3,(H,27,30)/t24-,25-/m1/s1. The second-order valence-corrected chi connectivity index (χ2v) is 11.1. The van der Waals surface area contributed by atoms with Gasteiger partial charge in [-0.25, -0.2) is 8.42 Å². The van der Waals surface area contributed by atoms with Crippen molar-refractivity contribution in [3.05, 3.63) is 59.7 Å². The molecule has 0 spiro atoms. The minimum atomic E-state index is -3.72. The average molecular weight is 486 g/mol. The summed E-state index contributed by atoms with van der Waals surface area (Å²) in [4.78, 5) is 15.9. The van der Waals surface area contributed by atoms with Crippen LogP contribution in [0.2, 0.25) is 0 Å². The molecule has 2 fully saturated rings. The molecule has 0 saturated carbocycles. The average Bonchev–Trinajstić information content (AvgIpc) is 3.37. The van der Waals surface area contributed by atoms with Crippen LogP contribution in [0.25, 0.3) is 0 Å². The van der Waals surface area contributed by atoms with Gasteiger partial charge in [0.05, 0.1) is 18.0 Å². The maximum absolute atomic E-state index is 13.3. The fraction of sp³-hybridized carbons (Fsp3) is 0.500. The van der Waals surface area contributed by atoms with Gasteiger partial charge in [0.2, 0.25) is 15.9 Å². The predicted molar refractivity (Wildman–Crippen MR) is 132 cm³/mol. The topological polar surface area (TPSA) is 79.0 Å². The molecular formula is C26H35N3O4S. The molecule has 2 aromatic rings. The molecule has 1 amide bonds. The summed E-state index contributed by atoms with van der Waals surface area (Å²) < 4.78 is 33.2. The van der Waals surface area contributed by atoms with Crippen molar-refractivity contribution in [2.24, 2.45) is 0 Å². The van der Waals surface area contributed by atoms with Crippen LogP contribution in [0, 0.1) is 6.92 Å². The molecule has 184 valence electrons. The highest BCUT2D eigenvalue weighted by molar-refractivity contribution is 7.89. The molecule has 0 unspecified atom stereocenters. The third-order valence-electron chi connectivity index (χ3n) is 6.94. The molecule has 0 bridgehead atoms. The van der Waals surface area contributed by atoms with Crippen LogP contribution in [0.1, 0.15) is 49.3 Å². The highest BCUT2D eigenvalue weighted by atomic mass is 32.2. The number of carbonyl (C=O) groups is 1. The molecule has 2 aliphatic heterocycles. The molecule has 2 heterocycles. The first-order chi connectivity index (χ1) is 16.4. The monoisotopic (exact) mass is 485 g/mol. The zero-order valence-electron chi connectivity index (χ0n) is 20.1. The SMILES string of the molecule is COc1ccc([C@@H](CNC(=O)[C@H]2CCCN2S(=O)(=O)c2ccc(C)cc2)N2CCCCC2)cc1. The van der Waals surface area contributed by atoms with Crippen LogP contribution in [0.3, 0.4) is 0 Å². The molecule has 0 aromatic heterocycles. The fourth-order valence-corrected chi connectivity index (χ4v) is 6.62. The van der Waals surface area contributed by atoms with Crippen LogP contribution >= 0.6 is 0 Å². The number of nitrogens with one attached hydrogen (secondary N) is 1. The number of amides is 1. The smallest absolute Gasteiger partial charge is 0.243 e. The van der Waals surface area contributed by atoms with Gasteiger partial charge in [-0.15, -0.1) is 0 Å². The number of methoxy groups -OCH3 is 1. The molecule has 2 aliphatic rings. The predicted octanol–water partition coefficient (Wildman–Crippen LogP) is 3.50. The maximum atomic E-state index is 13.3. The van der Waals surface area contributed by atoms with E-state index in [1.165, 1.54) is 10.7 Å². The van der Waals surface area contributed by atoms with Crippen LogP contribution in [0.15, 0.2) is 53.4 Å². The number of ether oxygens (including phenoxy) is 1. The molecule has 2 saturated heterocycles. The quantitative estimate of drug-likeness (QED) is 0.619. The summed E-state index contributed by atoms with van der Waals surface area (Å²) in [5, 5.41) is 3.09. The van der Waals surface area contributed by atoms with Gasteiger partial charge < -0.3 is 10.1 Å². The van der Waals surface area contributed by atoms with Crippen molar-refractivity contribution in [3.8, 4) is 5.75 Å². The van der Waals surface area contributed by atoms with Gasteiger partial charge in [0.15, 0.2) is 0 Å². The third-order valence-corrected chi connectivity index (χ3v) is 8.86. The van der Waals surface area contributed by atoms with Gasteiger partial charge >= 0.3 is 0 Å². The molecule has 1 N–H and O–H groups in total. The number of carbonyl (C=O) groups excluding carboxylic acids is 1. The lowest BCUT2D eigenvalue weighted by Gasteiger charge is -2.35. The fourth-order valence-electron chi connectivity index (χ4n) is 4.96. The molecule has 8 heteroatoms. The first kappa shape index (κ1) is 24.7. The lowest BCUT2D eigenvalue weighted by atomic mass is 10.0. The Balaban J connectivity index is 1.48. The number of hydrogen-bond donors (Lipinski definition) is 1. The molecule has 0 aliphatic carbocycles. The lowest BCUT2D eigenvalue weighted by Crippen LogP contribution is -2.48. The molecule has 7 nitrogen and oxygen atoms in total. The second kappa shape index (κ2) is 10.9. The van der Waals surface area contributed by atoms with Crippen molar-refractivity contribution in [2.45, 2.75) is 56.0 Å². The van der Waals surface area contributed by atoms with Crippen LogP contribution < -0.4 is 10.1 Å². The van der Waals surface area contributed by atoms with Crippen LogP contribution in [0.5, 0.6) is 5.75 Å². The van der Waals surface area contributed by atoms with Gasteiger partial charge in [0.25, 0.3) is 0 Å². The molecule has 2 aromatic carbocycles. The van der Waals surface area contributed by atoms with Crippen molar-refractivity contribution in [1.82, 2.24) is 14.5 Å². The van der Waals surface area contributed by atoms with Gasteiger partial charge in [0.1, 0.15) is 11.8 Å². The molecule has 2 atom stereocenters. The summed E-state index contributed by atoms with van der Waals surface area (Å²) in [6.07, 6.45) is 4.73. The molecule has 34 heavy (non-hydrogen) atoms. The van der Waals surface area contributed by atoms with E-state index in [0.29, 0.717) is 25.9 Å². The Kier molecular flexibility index (Phi) is 7.91. The van der Waals surface area contributed by atoms with E-state index in [9.17, 15) is 13.2 Å². The Morgan fingerprint density at radius 2 is 1.68 bits per heavy atom. The Morgan fingerprint density at radius 1 is 1.00 bits per heavy atom. The number of benzene rings is 2. The van der Waals surface area contributed by atoms with Gasteiger partial charge in [-0.3, -0.25) is 9.69 Å². The van der Waals surface area contributed by atoms with E-state index >= 15 is 0 Å². The summed E-state index contributed by atoms with van der Waals surface area (Å²) in [7, 11) is -2.07. The Labute approximate surface area is 203 Å². The van der Waals surface area contributed by atoms with Crippen molar-refractivity contribution in [1.29, 1.82) is 0 Å². The number of nitrogens with zero attached hydrogens (tertiary/aromatic N) is 2. The minimum absolute atomic E-state index is 0.0405. The van der Waals surface area contributed by atoms with E-state index in [1.54, 1.807) is 31.4 Å². The number of hydrogen-bond acceptors (Lipinski definition) is 5. The summed E-state index contributed by atoms with van der Waals surface area (Å²) in [5.74, 6) is 0.580. The number of aryl methyl sites for hydroxylation is 1. The molecular weight excluding hydrogens is 450 g/mol. The van der Waals surface area contributed by atoms with Gasteiger partial charge in [0, 0.05) is 13.1 Å². The summed E-state index contributed by atoms with van der Waals surface area (Å²) in [5.41, 5.74) is 2.12. The highest BCUT2D eigenvalue weighted by Crippen LogP contribution is 2.28. The molecule has 4 rings (SSSR count). The van der Waals surface area contributed by atoms with E-state index in [1.807, 2.05) is 31.2 Å². The van der Waals surface area contributed by atoms with E-state index in [-0.39, 0.29) is 16.8 Å². The number of rotatable bonds is 8. The van der Waals surface area contributed by atoms with Crippen LogP contribution in [-0.2, 0) is 14.8 Å². The minimum Gasteiger partial charge on any atom is -0.497 e. The van der Waals surface area contributed by atoms with Crippen molar-refractivity contribution >= 4 is 15.9 Å².